The Morgan fingerprint density at radius 3 is 2.87 bits per heavy atom. The quantitative estimate of drug-likeness (QED) is 0.752. The van der Waals surface area contributed by atoms with Gasteiger partial charge in [-0.2, -0.15) is 0 Å². The van der Waals surface area contributed by atoms with E-state index in [0.717, 1.165) is 10.8 Å². The van der Waals surface area contributed by atoms with Gasteiger partial charge in [-0.15, -0.1) is 0 Å². The summed E-state index contributed by atoms with van der Waals surface area (Å²) in [5, 5.41) is -0.139. The molecule has 0 aliphatic carbocycles. The standard InChI is InChI=1S/C8H9ClN2O4/c1-15-4-5(12)2-11-3-6(9)7(13)10-8(11)14/h3H,2,4H2,1H3,(H,10,13,14). The Morgan fingerprint density at radius 2 is 2.27 bits per heavy atom. The van der Waals surface area contributed by atoms with Crippen LogP contribution in [-0.4, -0.2) is 29.1 Å². The van der Waals surface area contributed by atoms with Gasteiger partial charge in [0, 0.05) is 13.3 Å². The second-order valence-electron chi connectivity index (χ2n) is 2.84. The molecule has 0 unspecified atom stereocenters. The monoisotopic (exact) mass is 232 g/mol. The molecule has 1 heterocycles. The highest BCUT2D eigenvalue weighted by Gasteiger charge is 2.06. The third-order valence-corrected chi connectivity index (χ3v) is 1.89. The number of hydrogen-bond donors (Lipinski definition) is 1. The van der Waals surface area contributed by atoms with Crippen LogP contribution in [0.2, 0.25) is 5.02 Å². The number of halogens is 1. The summed E-state index contributed by atoms with van der Waals surface area (Å²) in [5.41, 5.74) is -1.34. The average Bonchev–Trinajstić information content (AvgIpc) is 2.14. The van der Waals surface area contributed by atoms with Crippen molar-refractivity contribution >= 4 is 17.4 Å². The third kappa shape index (κ3) is 3.03. The molecule has 1 rings (SSSR count). The summed E-state index contributed by atoms with van der Waals surface area (Å²) in [6.07, 6.45) is 1.12. The molecule has 0 fully saturated rings. The Labute approximate surface area is 89.4 Å². The number of carbonyl (C=O) groups is 1. The molecular formula is C8H9ClN2O4. The Balaban J connectivity index is 2.96. The van der Waals surface area contributed by atoms with Gasteiger partial charge in [0.2, 0.25) is 0 Å². The van der Waals surface area contributed by atoms with Gasteiger partial charge in [0.25, 0.3) is 5.56 Å². The topological polar surface area (TPSA) is 81.2 Å². The summed E-state index contributed by atoms with van der Waals surface area (Å²) in [4.78, 5) is 35.2. The van der Waals surface area contributed by atoms with Gasteiger partial charge >= 0.3 is 5.69 Å². The molecule has 0 saturated heterocycles. The lowest BCUT2D eigenvalue weighted by molar-refractivity contribution is -0.123. The number of aromatic amines is 1. The molecule has 82 valence electrons. The van der Waals surface area contributed by atoms with E-state index < -0.39 is 11.2 Å². The zero-order valence-corrected chi connectivity index (χ0v) is 8.71. The number of aromatic nitrogens is 2. The smallest absolute Gasteiger partial charge is 0.328 e. The number of nitrogens with zero attached hydrogens (tertiary/aromatic N) is 1. The Bertz CT molecular complexity index is 476. The predicted molar refractivity (Wildman–Crippen MR) is 53.2 cm³/mol. The van der Waals surface area contributed by atoms with Gasteiger partial charge in [0.1, 0.15) is 11.6 Å². The van der Waals surface area contributed by atoms with Crippen LogP contribution < -0.4 is 11.2 Å². The lowest BCUT2D eigenvalue weighted by Gasteiger charge is -2.03. The number of Topliss-reactive ketones (excluding diaryl/α,β-unsaturated/α-hetero) is 1. The Hall–Kier alpha value is -1.40. The number of ether oxygens (including phenoxy) is 1. The maximum Gasteiger partial charge on any atom is 0.328 e. The lowest BCUT2D eigenvalue weighted by atomic mass is 10.4. The van der Waals surface area contributed by atoms with E-state index in [1.807, 2.05) is 4.98 Å². The van der Waals surface area contributed by atoms with Crippen LogP contribution in [0, 0.1) is 0 Å². The summed E-state index contributed by atoms with van der Waals surface area (Å²) in [6, 6.07) is 0. The molecule has 15 heavy (non-hydrogen) atoms. The molecule has 1 aromatic rings. The number of nitrogens with one attached hydrogen (secondary N) is 1. The second kappa shape index (κ2) is 4.90. The average molecular weight is 233 g/mol. The van der Waals surface area contributed by atoms with Crippen molar-refractivity contribution in [2.45, 2.75) is 6.54 Å². The zero-order chi connectivity index (χ0) is 11.4. The summed E-state index contributed by atoms with van der Waals surface area (Å²) in [5.74, 6) is -0.289. The number of hydrogen-bond acceptors (Lipinski definition) is 4. The largest absolute Gasteiger partial charge is 0.377 e. The van der Waals surface area contributed by atoms with Gasteiger partial charge in [-0.25, -0.2) is 4.79 Å². The Kier molecular flexibility index (Phi) is 3.81. The third-order valence-electron chi connectivity index (χ3n) is 1.62. The highest BCUT2D eigenvalue weighted by Crippen LogP contribution is 1.95. The first-order valence-corrected chi connectivity index (χ1v) is 4.42. The summed E-state index contributed by atoms with van der Waals surface area (Å²) >= 11 is 5.50. The predicted octanol–water partition coefficient (Wildman–Crippen LogP) is -0.595. The van der Waals surface area contributed by atoms with Crippen molar-refractivity contribution in [1.82, 2.24) is 9.55 Å². The highest BCUT2D eigenvalue weighted by atomic mass is 35.5. The number of H-pyrrole nitrogens is 1. The van der Waals surface area contributed by atoms with E-state index in [-0.39, 0.29) is 24.0 Å². The van der Waals surface area contributed by atoms with E-state index in [1.54, 1.807) is 0 Å². The van der Waals surface area contributed by atoms with Crippen LogP contribution in [0.5, 0.6) is 0 Å². The molecule has 1 aromatic heterocycles. The zero-order valence-electron chi connectivity index (χ0n) is 7.95. The molecule has 0 saturated carbocycles. The molecule has 7 heteroatoms. The first-order valence-electron chi connectivity index (χ1n) is 4.04. The van der Waals surface area contributed by atoms with Crippen LogP contribution in [0.1, 0.15) is 0 Å². The van der Waals surface area contributed by atoms with E-state index >= 15 is 0 Å². The summed E-state index contributed by atoms with van der Waals surface area (Å²) < 4.78 is 5.62. The molecule has 0 amide bonds. The maximum absolute atomic E-state index is 11.2. The molecule has 0 aliphatic heterocycles. The van der Waals surface area contributed by atoms with E-state index in [4.69, 9.17) is 11.6 Å². The minimum absolute atomic E-state index is 0.0941. The molecule has 6 nitrogen and oxygen atoms in total. The fourth-order valence-corrected chi connectivity index (χ4v) is 1.16. The molecule has 0 aliphatic rings. The van der Waals surface area contributed by atoms with Crippen LogP contribution in [0.15, 0.2) is 15.8 Å². The van der Waals surface area contributed by atoms with Gasteiger partial charge in [-0.3, -0.25) is 19.1 Å². The van der Waals surface area contributed by atoms with Gasteiger partial charge in [0.15, 0.2) is 5.78 Å². The molecule has 1 N–H and O–H groups in total. The van der Waals surface area contributed by atoms with Crippen molar-refractivity contribution in [1.29, 1.82) is 0 Å². The number of rotatable bonds is 4. The molecule has 0 aromatic carbocycles. The minimum Gasteiger partial charge on any atom is -0.377 e. The normalized spacial score (nSPS) is 10.3. The van der Waals surface area contributed by atoms with Crippen LogP contribution in [0.3, 0.4) is 0 Å². The summed E-state index contributed by atoms with van der Waals surface area (Å²) in [7, 11) is 1.38. The van der Waals surface area contributed by atoms with Gasteiger partial charge < -0.3 is 4.74 Å². The second-order valence-corrected chi connectivity index (χ2v) is 3.24. The summed E-state index contributed by atoms with van der Waals surface area (Å²) in [6.45, 7) is -0.271. The van der Waals surface area contributed by atoms with Crippen molar-refractivity contribution in [3.05, 3.63) is 32.1 Å². The van der Waals surface area contributed by atoms with E-state index in [9.17, 15) is 14.4 Å². The van der Waals surface area contributed by atoms with Crippen molar-refractivity contribution in [3.63, 3.8) is 0 Å². The Morgan fingerprint density at radius 1 is 1.60 bits per heavy atom. The van der Waals surface area contributed by atoms with Crippen molar-refractivity contribution in [3.8, 4) is 0 Å². The van der Waals surface area contributed by atoms with E-state index in [1.165, 1.54) is 7.11 Å². The van der Waals surface area contributed by atoms with Crippen LogP contribution in [-0.2, 0) is 16.1 Å². The van der Waals surface area contributed by atoms with Gasteiger partial charge in [0.05, 0.1) is 6.54 Å². The van der Waals surface area contributed by atoms with Crippen molar-refractivity contribution in [2.24, 2.45) is 0 Å². The fraction of sp³-hybridized carbons (Fsp3) is 0.375. The van der Waals surface area contributed by atoms with E-state index in [0.29, 0.717) is 0 Å². The van der Waals surface area contributed by atoms with Crippen molar-refractivity contribution in [2.75, 3.05) is 13.7 Å². The first kappa shape index (κ1) is 11.7. The number of ketones is 1. The molecule has 0 bridgehead atoms. The SMILES string of the molecule is COCC(=O)Cn1cc(Cl)c(=O)[nH]c1=O. The van der Waals surface area contributed by atoms with Gasteiger partial charge in [-0.05, 0) is 0 Å². The first-order chi connectivity index (χ1) is 7.04. The molecule has 0 radical (unpaired) electrons. The maximum atomic E-state index is 11.2. The van der Waals surface area contributed by atoms with Crippen LogP contribution in [0.25, 0.3) is 0 Å². The van der Waals surface area contributed by atoms with Gasteiger partial charge in [-0.1, -0.05) is 11.6 Å². The lowest BCUT2D eigenvalue weighted by Crippen LogP contribution is -2.32. The number of methoxy groups -OCH3 is 1. The minimum atomic E-state index is -0.672. The molecule has 0 spiro atoms. The fourth-order valence-electron chi connectivity index (χ4n) is 0.997. The van der Waals surface area contributed by atoms with Crippen molar-refractivity contribution < 1.29 is 9.53 Å². The molecular weight excluding hydrogens is 224 g/mol. The van der Waals surface area contributed by atoms with Crippen LogP contribution >= 0.6 is 11.6 Å². The van der Waals surface area contributed by atoms with E-state index in [2.05, 4.69) is 4.74 Å². The van der Waals surface area contributed by atoms with Crippen LogP contribution in [0.4, 0.5) is 0 Å². The molecule has 0 atom stereocenters. The number of carbonyl (C=O) groups excluding carboxylic acids is 1. The highest BCUT2D eigenvalue weighted by molar-refractivity contribution is 6.30.